The molecule has 4 heteroatoms. The Hall–Kier alpha value is -0.830. The molecule has 0 spiro atoms. The SMILES string of the molecule is Cc1cc(C2CC2(F)F)c(Cl)cc1O. The molecule has 1 aliphatic rings. The smallest absolute Gasteiger partial charge is 0.255 e. The van der Waals surface area contributed by atoms with E-state index in [0.717, 1.165) is 0 Å². The Balaban J connectivity index is 2.41. The van der Waals surface area contributed by atoms with Gasteiger partial charge in [0.25, 0.3) is 5.92 Å². The number of phenolic OH excluding ortho intramolecular Hbond substituents is 1. The first-order chi connectivity index (χ1) is 6.42. The van der Waals surface area contributed by atoms with Crippen LogP contribution in [0.2, 0.25) is 5.02 Å². The molecule has 1 aromatic carbocycles. The lowest BCUT2D eigenvalue weighted by atomic mass is 10.1. The molecule has 1 N–H and O–H groups in total. The molecular formula is C10H9ClF2O. The van der Waals surface area contributed by atoms with Crippen molar-refractivity contribution in [3.8, 4) is 5.75 Å². The summed E-state index contributed by atoms with van der Waals surface area (Å²) in [6.45, 7) is 1.66. The average molecular weight is 219 g/mol. The molecule has 0 aromatic heterocycles. The summed E-state index contributed by atoms with van der Waals surface area (Å²) in [7, 11) is 0. The number of hydrogen-bond donors (Lipinski definition) is 1. The van der Waals surface area contributed by atoms with Gasteiger partial charge in [-0.1, -0.05) is 17.7 Å². The highest BCUT2D eigenvalue weighted by Gasteiger charge is 2.58. The maximum absolute atomic E-state index is 12.8. The molecule has 1 saturated carbocycles. The van der Waals surface area contributed by atoms with Gasteiger partial charge in [0, 0.05) is 11.4 Å². The Morgan fingerprint density at radius 3 is 2.57 bits per heavy atom. The molecule has 0 aliphatic heterocycles. The number of alkyl halides is 2. The lowest BCUT2D eigenvalue weighted by Gasteiger charge is -2.06. The van der Waals surface area contributed by atoms with E-state index in [1.807, 2.05) is 0 Å². The second-order valence-electron chi connectivity index (χ2n) is 3.68. The van der Waals surface area contributed by atoms with Crippen molar-refractivity contribution >= 4 is 11.6 Å². The van der Waals surface area contributed by atoms with E-state index in [2.05, 4.69) is 0 Å². The maximum atomic E-state index is 12.8. The van der Waals surface area contributed by atoms with Crippen LogP contribution in [0.3, 0.4) is 0 Å². The van der Waals surface area contributed by atoms with E-state index < -0.39 is 11.8 Å². The zero-order chi connectivity index (χ0) is 10.5. The third-order valence-electron chi connectivity index (χ3n) is 2.52. The summed E-state index contributed by atoms with van der Waals surface area (Å²) < 4.78 is 25.5. The van der Waals surface area contributed by atoms with Crippen LogP contribution in [0.5, 0.6) is 5.75 Å². The molecular weight excluding hydrogens is 210 g/mol. The van der Waals surface area contributed by atoms with Gasteiger partial charge in [-0.2, -0.15) is 0 Å². The second kappa shape index (κ2) is 2.83. The van der Waals surface area contributed by atoms with Gasteiger partial charge in [-0.25, -0.2) is 8.78 Å². The van der Waals surface area contributed by atoms with Crippen LogP contribution in [0.1, 0.15) is 23.5 Å². The van der Waals surface area contributed by atoms with Crippen LogP contribution in [0.15, 0.2) is 12.1 Å². The molecule has 0 amide bonds. The van der Waals surface area contributed by atoms with Gasteiger partial charge in [-0.3, -0.25) is 0 Å². The lowest BCUT2D eigenvalue weighted by Crippen LogP contribution is -1.94. The molecule has 1 unspecified atom stereocenters. The van der Waals surface area contributed by atoms with Crippen LogP contribution in [0, 0.1) is 6.92 Å². The van der Waals surface area contributed by atoms with Crippen LogP contribution in [0.4, 0.5) is 8.78 Å². The number of aryl methyl sites for hydroxylation is 1. The second-order valence-corrected chi connectivity index (χ2v) is 4.09. The Morgan fingerprint density at radius 1 is 1.50 bits per heavy atom. The number of benzene rings is 1. The highest BCUT2D eigenvalue weighted by molar-refractivity contribution is 6.31. The van der Waals surface area contributed by atoms with Gasteiger partial charge in [0.05, 0.1) is 5.92 Å². The third-order valence-corrected chi connectivity index (χ3v) is 2.84. The zero-order valence-corrected chi connectivity index (χ0v) is 8.28. The topological polar surface area (TPSA) is 20.2 Å². The molecule has 0 radical (unpaired) electrons. The largest absolute Gasteiger partial charge is 0.508 e. The van der Waals surface area contributed by atoms with Crippen LogP contribution in [0.25, 0.3) is 0 Å². The highest BCUT2D eigenvalue weighted by atomic mass is 35.5. The molecule has 1 nitrogen and oxygen atoms in total. The summed E-state index contributed by atoms with van der Waals surface area (Å²) >= 11 is 5.77. The monoisotopic (exact) mass is 218 g/mol. The number of halogens is 3. The molecule has 0 heterocycles. The van der Waals surface area contributed by atoms with Crippen molar-refractivity contribution in [3.05, 3.63) is 28.3 Å². The van der Waals surface area contributed by atoms with E-state index in [9.17, 15) is 13.9 Å². The maximum Gasteiger partial charge on any atom is 0.255 e. The van der Waals surface area contributed by atoms with Gasteiger partial charge >= 0.3 is 0 Å². The van der Waals surface area contributed by atoms with Gasteiger partial charge < -0.3 is 5.11 Å². The molecule has 14 heavy (non-hydrogen) atoms. The van der Waals surface area contributed by atoms with Crippen molar-refractivity contribution in [2.75, 3.05) is 0 Å². The van der Waals surface area contributed by atoms with Gasteiger partial charge in [0.1, 0.15) is 5.75 Å². The summed E-state index contributed by atoms with van der Waals surface area (Å²) in [4.78, 5) is 0. The van der Waals surface area contributed by atoms with E-state index in [-0.39, 0.29) is 17.2 Å². The van der Waals surface area contributed by atoms with Gasteiger partial charge in [-0.05, 0) is 24.1 Å². The Bertz CT molecular complexity index is 390. The lowest BCUT2D eigenvalue weighted by molar-refractivity contribution is 0.112. The summed E-state index contributed by atoms with van der Waals surface area (Å²) in [6, 6.07) is 2.85. The van der Waals surface area contributed by atoms with Crippen LogP contribution < -0.4 is 0 Å². The molecule has 1 aromatic rings. The standard InChI is InChI=1S/C10H9ClF2O/c1-5-2-6(7-4-10(7,12)13)8(11)3-9(5)14/h2-3,7,14H,4H2,1H3. The first-order valence-electron chi connectivity index (χ1n) is 4.28. The van der Waals surface area contributed by atoms with E-state index in [1.165, 1.54) is 12.1 Å². The third kappa shape index (κ3) is 1.46. The molecule has 2 rings (SSSR count). The van der Waals surface area contributed by atoms with Gasteiger partial charge in [0.2, 0.25) is 0 Å². The predicted octanol–water partition coefficient (Wildman–Crippen LogP) is 3.48. The van der Waals surface area contributed by atoms with Crippen molar-refractivity contribution in [2.24, 2.45) is 0 Å². The van der Waals surface area contributed by atoms with Crippen LogP contribution in [-0.4, -0.2) is 11.0 Å². The van der Waals surface area contributed by atoms with E-state index in [4.69, 9.17) is 11.6 Å². The molecule has 0 saturated heterocycles. The molecule has 0 bridgehead atoms. The van der Waals surface area contributed by atoms with Gasteiger partial charge in [-0.15, -0.1) is 0 Å². The number of rotatable bonds is 1. The minimum atomic E-state index is -2.62. The quantitative estimate of drug-likeness (QED) is 0.765. The normalized spacial score (nSPS) is 23.6. The summed E-state index contributed by atoms with van der Waals surface area (Å²) in [5.74, 6) is -3.34. The number of phenols is 1. The summed E-state index contributed by atoms with van der Waals surface area (Å²) in [6.07, 6.45) is -0.142. The Morgan fingerprint density at radius 2 is 2.07 bits per heavy atom. The highest BCUT2D eigenvalue weighted by Crippen LogP contribution is 2.57. The van der Waals surface area contributed by atoms with Crippen molar-refractivity contribution in [2.45, 2.75) is 25.2 Å². The minimum Gasteiger partial charge on any atom is -0.508 e. The van der Waals surface area contributed by atoms with Crippen molar-refractivity contribution in [3.63, 3.8) is 0 Å². The minimum absolute atomic E-state index is 0.0442. The first-order valence-corrected chi connectivity index (χ1v) is 4.66. The number of hydrogen-bond acceptors (Lipinski definition) is 1. The fourth-order valence-corrected chi connectivity index (χ4v) is 1.80. The predicted molar refractivity (Wildman–Crippen MR) is 50.2 cm³/mol. The molecule has 1 fully saturated rings. The Labute approximate surface area is 85.3 Å². The first kappa shape index (κ1) is 9.71. The fraction of sp³-hybridized carbons (Fsp3) is 0.400. The van der Waals surface area contributed by atoms with E-state index in [0.29, 0.717) is 11.1 Å². The molecule has 1 atom stereocenters. The fourth-order valence-electron chi connectivity index (χ4n) is 1.51. The average Bonchev–Trinajstić information content (AvgIpc) is 2.67. The van der Waals surface area contributed by atoms with Crippen LogP contribution >= 0.6 is 11.6 Å². The van der Waals surface area contributed by atoms with Gasteiger partial charge in [0.15, 0.2) is 0 Å². The number of aromatic hydroxyl groups is 1. The molecule has 76 valence electrons. The van der Waals surface area contributed by atoms with Crippen molar-refractivity contribution < 1.29 is 13.9 Å². The zero-order valence-electron chi connectivity index (χ0n) is 7.52. The van der Waals surface area contributed by atoms with Crippen LogP contribution in [-0.2, 0) is 0 Å². The molecule has 1 aliphatic carbocycles. The van der Waals surface area contributed by atoms with E-state index >= 15 is 0 Å². The summed E-state index contributed by atoms with van der Waals surface area (Å²) in [5, 5.41) is 9.50. The van der Waals surface area contributed by atoms with Crippen molar-refractivity contribution in [1.82, 2.24) is 0 Å². The van der Waals surface area contributed by atoms with E-state index in [1.54, 1.807) is 6.92 Å². The van der Waals surface area contributed by atoms with Crippen molar-refractivity contribution in [1.29, 1.82) is 0 Å². The Kier molecular flexibility index (Phi) is 1.96. The summed E-state index contributed by atoms with van der Waals surface area (Å²) in [5.41, 5.74) is 1.01.